The highest BCUT2D eigenvalue weighted by Gasteiger charge is 2.10. The molecule has 0 aliphatic heterocycles. The summed E-state index contributed by atoms with van der Waals surface area (Å²) < 4.78 is 0. The Kier molecular flexibility index (Phi) is 7.52. The molecule has 0 saturated heterocycles. The molecule has 3 nitrogen and oxygen atoms in total. The zero-order valence-electron chi connectivity index (χ0n) is 13.0. The lowest BCUT2D eigenvalue weighted by atomic mass is 10.1. The first kappa shape index (κ1) is 16.9. The largest absolute Gasteiger partial charge is 0.385 e. The van der Waals surface area contributed by atoms with Crippen LogP contribution in [0.5, 0.6) is 0 Å². The van der Waals surface area contributed by atoms with Crippen molar-refractivity contribution in [3.05, 3.63) is 29.3 Å². The standard InChI is InChI=1S/C16H26N2OS/c1-5-17-15-8-7-14(11-12(15)3)16(19)18-13(4)9-10-20-6-2/h7-8,11,13,17H,5-6,9-10H2,1-4H3,(H,18,19). The Morgan fingerprint density at radius 1 is 1.35 bits per heavy atom. The van der Waals surface area contributed by atoms with Crippen LogP contribution in [0.3, 0.4) is 0 Å². The number of carbonyl (C=O) groups excluding carboxylic acids is 1. The van der Waals surface area contributed by atoms with E-state index in [4.69, 9.17) is 0 Å². The number of amides is 1. The van der Waals surface area contributed by atoms with E-state index in [1.165, 1.54) is 0 Å². The molecular weight excluding hydrogens is 268 g/mol. The maximum atomic E-state index is 12.2. The zero-order valence-corrected chi connectivity index (χ0v) is 13.8. The lowest BCUT2D eigenvalue weighted by Gasteiger charge is -2.14. The highest BCUT2D eigenvalue weighted by molar-refractivity contribution is 7.99. The Labute approximate surface area is 126 Å². The third kappa shape index (κ3) is 5.45. The summed E-state index contributed by atoms with van der Waals surface area (Å²) in [5.74, 6) is 2.24. The van der Waals surface area contributed by atoms with Crippen molar-refractivity contribution in [2.24, 2.45) is 0 Å². The Bertz CT molecular complexity index is 434. The SMILES string of the molecule is CCNc1ccc(C(=O)NC(C)CCSCC)cc1C. The molecule has 1 aromatic rings. The van der Waals surface area contributed by atoms with Gasteiger partial charge < -0.3 is 10.6 Å². The third-order valence-corrected chi connectivity index (χ3v) is 4.07. The van der Waals surface area contributed by atoms with Gasteiger partial charge in [-0.3, -0.25) is 4.79 Å². The summed E-state index contributed by atoms with van der Waals surface area (Å²) in [6, 6.07) is 6.02. The second-order valence-corrected chi connectivity index (χ2v) is 6.31. The minimum Gasteiger partial charge on any atom is -0.385 e. The van der Waals surface area contributed by atoms with E-state index in [0.717, 1.165) is 41.3 Å². The zero-order chi connectivity index (χ0) is 15.0. The number of benzene rings is 1. The fourth-order valence-electron chi connectivity index (χ4n) is 1.98. The number of nitrogens with one attached hydrogen (secondary N) is 2. The van der Waals surface area contributed by atoms with E-state index in [9.17, 15) is 4.79 Å². The minimum atomic E-state index is 0.0187. The van der Waals surface area contributed by atoms with Crippen LogP contribution in [-0.2, 0) is 0 Å². The van der Waals surface area contributed by atoms with Crippen LogP contribution in [0, 0.1) is 6.92 Å². The topological polar surface area (TPSA) is 41.1 Å². The molecule has 2 N–H and O–H groups in total. The maximum Gasteiger partial charge on any atom is 0.251 e. The van der Waals surface area contributed by atoms with Gasteiger partial charge in [0.1, 0.15) is 0 Å². The molecule has 1 amide bonds. The molecule has 0 aliphatic rings. The van der Waals surface area contributed by atoms with Crippen molar-refractivity contribution in [2.45, 2.75) is 40.2 Å². The Morgan fingerprint density at radius 2 is 2.10 bits per heavy atom. The molecule has 0 aromatic heterocycles. The number of aryl methyl sites for hydroxylation is 1. The highest BCUT2D eigenvalue weighted by Crippen LogP contribution is 2.16. The van der Waals surface area contributed by atoms with Gasteiger partial charge >= 0.3 is 0 Å². The molecule has 0 saturated carbocycles. The van der Waals surface area contributed by atoms with Crippen LogP contribution in [0.25, 0.3) is 0 Å². The van der Waals surface area contributed by atoms with E-state index < -0.39 is 0 Å². The Morgan fingerprint density at radius 3 is 2.70 bits per heavy atom. The van der Waals surface area contributed by atoms with Gasteiger partial charge in [0, 0.05) is 23.8 Å². The predicted octanol–water partition coefficient (Wildman–Crippen LogP) is 3.69. The van der Waals surface area contributed by atoms with E-state index in [1.54, 1.807) is 0 Å². The summed E-state index contributed by atoms with van der Waals surface area (Å²) in [6.45, 7) is 9.20. The first-order chi connectivity index (χ1) is 9.58. The summed E-state index contributed by atoms with van der Waals surface area (Å²) in [4.78, 5) is 12.2. The molecule has 1 unspecified atom stereocenters. The van der Waals surface area contributed by atoms with E-state index in [-0.39, 0.29) is 11.9 Å². The van der Waals surface area contributed by atoms with E-state index in [1.807, 2.05) is 36.9 Å². The molecule has 0 fully saturated rings. The molecule has 4 heteroatoms. The van der Waals surface area contributed by atoms with Gasteiger partial charge in [0.25, 0.3) is 5.91 Å². The van der Waals surface area contributed by atoms with Crippen LogP contribution in [0.1, 0.15) is 43.1 Å². The number of hydrogen-bond donors (Lipinski definition) is 2. The lowest BCUT2D eigenvalue weighted by Crippen LogP contribution is -2.33. The van der Waals surface area contributed by atoms with Gasteiger partial charge in [0.05, 0.1) is 0 Å². The first-order valence-corrected chi connectivity index (χ1v) is 8.47. The number of anilines is 1. The van der Waals surface area contributed by atoms with Crippen molar-refractivity contribution < 1.29 is 4.79 Å². The van der Waals surface area contributed by atoms with Crippen molar-refractivity contribution in [3.63, 3.8) is 0 Å². The molecule has 0 bridgehead atoms. The van der Waals surface area contributed by atoms with Gasteiger partial charge in [-0.2, -0.15) is 11.8 Å². The van der Waals surface area contributed by atoms with Gasteiger partial charge in [-0.1, -0.05) is 6.92 Å². The summed E-state index contributed by atoms with van der Waals surface area (Å²) in [6.07, 6.45) is 1.01. The quantitative estimate of drug-likeness (QED) is 0.719. The fraction of sp³-hybridized carbons (Fsp3) is 0.562. The van der Waals surface area contributed by atoms with Crippen molar-refractivity contribution in [3.8, 4) is 0 Å². The van der Waals surface area contributed by atoms with Crippen LogP contribution in [0.2, 0.25) is 0 Å². The Hall–Kier alpha value is -1.16. The summed E-state index contributed by atoms with van der Waals surface area (Å²) in [7, 11) is 0. The molecule has 0 heterocycles. The van der Waals surface area contributed by atoms with Crippen molar-refractivity contribution in [1.82, 2.24) is 5.32 Å². The molecule has 0 spiro atoms. The maximum absolute atomic E-state index is 12.2. The molecule has 1 atom stereocenters. The van der Waals surface area contributed by atoms with Crippen LogP contribution in [-0.4, -0.2) is 30.0 Å². The van der Waals surface area contributed by atoms with Gasteiger partial charge in [-0.05, 0) is 62.5 Å². The van der Waals surface area contributed by atoms with Crippen molar-refractivity contribution in [2.75, 3.05) is 23.4 Å². The van der Waals surface area contributed by atoms with Crippen molar-refractivity contribution in [1.29, 1.82) is 0 Å². The summed E-state index contributed by atoms with van der Waals surface area (Å²) in [5, 5.41) is 6.34. The van der Waals surface area contributed by atoms with E-state index in [2.05, 4.69) is 31.4 Å². The highest BCUT2D eigenvalue weighted by atomic mass is 32.2. The van der Waals surface area contributed by atoms with E-state index in [0.29, 0.717) is 0 Å². The smallest absolute Gasteiger partial charge is 0.251 e. The van der Waals surface area contributed by atoms with Gasteiger partial charge in [-0.25, -0.2) is 0 Å². The Balaban J connectivity index is 2.57. The monoisotopic (exact) mass is 294 g/mol. The second kappa shape index (κ2) is 8.90. The average Bonchev–Trinajstić information content (AvgIpc) is 2.41. The van der Waals surface area contributed by atoms with Gasteiger partial charge in [0.15, 0.2) is 0 Å². The van der Waals surface area contributed by atoms with Crippen LogP contribution >= 0.6 is 11.8 Å². The predicted molar refractivity (Wildman–Crippen MR) is 89.9 cm³/mol. The van der Waals surface area contributed by atoms with Crippen LogP contribution < -0.4 is 10.6 Å². The lowest BCUT2D eigenvalue weighted by molar-refractivity contribution is 0.0939. The molecule has 0 radical (unpaired) electrons. The first-order valence-electron chi connectivity index (χ1n) is 7.31. The minimum absolute atomic E-state index is 0.0187. The third-order valence-electron chi connectivity index (χ3n) is 3.13. The van der Waals surface area contributed by atoms with E-state index >= 15 is 0 Å². The number of hydrogen-bond acceptors (Lipinski definition) is 3. The average molecular weight is 294 g/mol. The number of thioether (sulfide) groups is 1. The second-order valence-electron chi connectivity index (χ2n) is 4.92. The molecule has 1 aromatic carbocycles. The summed E-state index contributed by atoms with van der Waals surface area (Å²) in [5.41, 5.74) is 2.93. The molecular formula is C16H26N2OS. The van der Waals surface area contributed by atoms with Gasteiger partial charge in [0.2, 0.25) is 0 Å². The van der Waals surface area contributed by atoms with Gasteiger partial charge in [-0.15, -0.1) is 0 Å². The van der Waals surface area contributed by atoms with Crippen LogP contribution in [0.15, 0.2) is 18.2 Å². The molecule has 112 valence electrons. The van der Waals surface area contributed by atoms with Crippen LogP contribution in [0.4, 0.5) is 5.69 Å². The molecule has 1 rings (SSSR count). The number of carbonyl (C=O) groups is 1. The summed E-state index contributed by atoms with van der Waals surface area (Å²) >= 11 is 1.91. The fourth-order valence-corrected chi connectivity index (χ4v) is 2.79. The normalized spacial score (nSPS) is 12.0. The number of rotatable bonds is 8. The molecule has 0 aliphatic carbocycles. The molecule has 20 heavy (non-hydrogen) atoms. The van der Waals surface area contributed by atoms with Crippen molar-refractivity contribution >= 4 is 23.4 Å².